The van der Waals surface area contributed by atoms with E-state index in [2.05, 4.69) is 19.2 Å². The summed E-state index contributed by atoms with van der Waals surface area (Å²) in [6, 6.07) is 7.85. The van der Waals surface area contributed by atoms with Crippen molar-refractivity contribution in [1.82, 2.24) is 0 Å². The van der Waals surface area contributed by atoms with Crippen molar-refractivity contribution in [3.05, 3.63) is 34.9 Å². The molecule has 0 aliphatic carbocycles. The van der Waals surface area contributed by atoms with Crippen LogP contribution in [-0.4, -0.2) is 17.7 Å². The molecule has 1 atom stereocenters. The molecule has 3 heteroatoms. The van der Waals surface area contributed by atoms with Crippen molar-refractivity contribution in [3.63, 3.8) is 0 Å². The van der Waals surface area contributed by atoms with Crippen LogP contribution in [0.3, 0.4) is 0 Å². The van der Waals surface area contributed by atoms with E-state index in [9.17, 15) is 5.11 Å². The van der Waals surface area contributed by atoms with Crippen molar-refractivity contribution in [2.24, 2.45) is 0 Å². The molecule has 3 N–H and O–H groups in total. The van der Waals surface area contributed by atoms with Gasteiger partial charge in [0.1, 0.15) is 12.1 Å². The van der Waals surface area contributed by atoms with Gasteiger partial charge < -0.3 is 10.4 Å². The minimum Gasteiger partial charge on any atom is -0.380 e. The van der Waals surface area contributed by atoms with E-state index in [0.29, 0.717) is 17.6 Å². The van der Waals surface area contributed by atoms with Crippen LogP contribution in [0.5, 0.6) is 0 Å². The van der Waals surface area contributed by atoms with Crippen LogP contribution < -0.4 is 5.32 Å². The molecule has 15 heavy (non-hydrogen) atoms. The van der Waals surface area contributed by atoms with Gasteiger partial charge in [-0.1, -0.05) is 23.7 Å². The second-order valence-corrected chi connectivity index (χ2v) is 4.90. The SMILES string of the molecule is CC(C)[NH2+]CC(C)(O)c1ccc(Cl)cc1. The molecular weight excluding hydrogens is 210 g/mol. The molecular formula is C12H19ClNO+. The van der Waals surface area contributed by atoms with E-state index in [4.69, 9.17) is 11.6 Å². The van der Waals surface area contributed by atoms with Gasteiger partial charge in [0.15, 0.2) is 0 Å². The number of hydrogen-bond acceptors (Lipinski definition) is 1. The Morgan fingerprint density at radius 3 is 2.33 bits per heavy atom. The van der Waals surface area contributed by atoms with Gasteiger partial charge in [-0.15, -0.1) is 0 Å². The van der Waals surface area contributed by atoms with Crippen molar-refractivity contribution >= 4 is 11.6 Å². The maximum atomic E-state index is 10.3. The third kappa shape index (κ3) is 3.82. The molecule has 1 rings (SSSR count). The minimum absolute atomic E-state index is 0.490. The highest BCUT2D eigenvalue weighted by Gasteiger charge is 2.25. The fourth-order valence-corrected chi connectivity index (χ4v) is 1.52. The van der Waals surface area contributed by atoms with Crippen molar-refractivity contribution in [3.8, 4) is 0 Å². The molecule has 0 bridgehead atoms. The Labute approximate surface area is 96.3 Å². The van der Waals surface area contributed by atoms with E-state index in [1.54, 1.807) is 12.1 Å². The molecule has 84 valence electrons. The molecule has 2 nitrogen and oxygen atoms in total. The van der Waals surface area contributed by atoms with Crippen LogP contribution in [0.2, 0.25) is 5.02 Å². The van der Waals surface area contributed by atoms with E-state index >= 15 is 0 Å². The van der Waals surface area contributed by atoms with Crippen molar-refractivity contribution in [1.29, 1.82) is 0 Å². The van der Waals surface area contributed by atoms with Gasteiger partial charge >= 0.3 is 0 Å². The van der Waals surface area contributed by atoms with Crippen LogP contribution in [0, 0.1) is 0 Å². The van der Waals surface area contributed by atoms with Gasteiger partial charge in [-0.2, -0.15) is 0 Å². The molecule has 0 fully saturated rings. The van der Waals surface area contributed by atoms with Gasteiger partial charge in [0, 0.05) is 5.02 Å². The van der Waals surface area contributed by atoms with Crippen molar-refractivity contribution in [2.75, 3.05) is 6.54 Å². The molecule has 1 aromatic rings. The molecule has 0 spiro atoms. The monoisotopic (exact) mass is 228 g/mol. The van der Waals surface area contributed by atoms with E-state index in [1.807, 2.05) is 19.1 Å². The number of hydrogen-bond donors (Lipinski definition) is 2. The maximum absolute atomic E-state index is 10.3. The summed E-state index contributed by atoms with van der Waals surface area (Å²) in [7, 11) is 0. The highest BCUT2D eigenvalue weighted by atomic mass is 35.5. The van der Waals surface area contributed by atoms with Crippen molar-refractivity contribution in [2.45, 2.75) is 32.4 Å². The Morgan fingerprint density at radius 1 is 1.33 bits per heavy atom. The third-order valence-corrected chi connectivity index (χ3v) is 2.70. The maximum Gasteiger partial charge on any atom is 0.135 e. The highest BCUT2D eigenvalue weighted by molar-refractivity contribution is 6.30. The first-order valence-corrected chi connectivity index (χ1v) is 5.61. The van der Waals surface area contributed by atoms with Gasteiger partial charge in [-0.3, -0.25) is 0 Å². The Bertz CT molecular complexity index is 306. The Kier molecular flexibility index (Phi) is 4.14. The predicted molar refractivity (Wildman–Crippen MR) is 63.0 cm³/mol. The largest absolute Gasteiger partial charge is 0.380 e. The summed E-state index contributed by atoms with van der Waals surface area (Å²) in [5.41, 5.74) is 0.110. The van der Waals surface area contributed by atoms with Gasteiger partial charge in [-0.05, 0) is 38.5 Å². The zero-order valence-corrected chi connectivity index (χ0v) is 10.3. The fraction of sp³-hybridized carbons (Fsp3) is 0.500. The second-order valence-electron chi connectivity index (χ2n) is 4.46. The molecule has 0 aliphatic rings. The standard InChI is InChI=1S/C12H18ClNO/c1-9(2)14-8-12(3,15)10-4-6-11(13)7-5-10/h4-7,9,14-15H,8H2,1-3H3/p+1. The first-order valence-electron chi connectivity index (χ1n) is 5.23. The number of benzene rings is 1. The van der Waals surface area contributed by atoms with Gasteiger partial charge in [0.05, 0.1) is 6.04 Å². The lowest BCUT2D eigenvalue weighted by Gasteiger charge is -2.23. The van der Waals surface area contributed by atoms with Crippen LogP contribution >= 0.6 is 11.6 Å². The summed E-state index contributed by atoms with van der Waals surface area (Å²) in [4.78, 5) is 0. The van der Waals surface area contributed by atoms with Crippen LogP contribution in [0.25, 0.3) is 0 Å². The van der Waals surface area contributed by atoms with Crippen LogP contribution in [0.4, 0.5) is 0 Å². The van der Waals surface area contributed by atoms with Gasteiger partial charge in [0.2, 0.25) is 0 Å². The summed E-state index contributed by atoms with van der Waals surface area (Å²) in [5.74, 6) is 0. The normalized spacial score (nSPS) is 15.3. The first-order chi connectivity index (χ1) is 6.92. The summed E-state index contributed by atoms with van der Waals surface area (Å²) >= 11 is 5.80. The van der Waals surface area contributed by atoms with Crippen LogP contribution in [0.15, 0.2) is 24.3 Å². The molecule has 0 saturated carbocycles. The number of nitrogens with two attached hydrogens (primary N) is 1. The van der Waals surface area contributed by atoms with Gasteiger partial charge in [0.25, 0.3) is 0 Å². The molecule has 0 aliphatic heterocycles. The lowest BCUT2D eigenvalue weighted by atomic mass is 9.96. The molecule has 0 aromatic heterocycles. The number of halogens is 1. The summed E-state index contributed by atoms with van der Waals surface area (Å²) in [5, 5.41) is 13.1. The summed E-state index contributed by atoms with van der Waals surface area (Å²) < 4.78 is 0. The fourth-order valence-electron chi connectivity index (χ4n) is 1.39. The highest BCUT2D eigenvalue weighted by Crippen LogP contribution is 2.20. The number of aliphatic hydroxyl groups is 1. The average Bonchev–Trinajstić information content (AvgIpc) is 2.16. The topological polar surface area (TPSA) is 36.8 Å². The Balaban J connectivity index is 2.72. The van der Waals surface area contributed by atoms with Gasteiger partial charge in [-0.25, -0.2) is 0 Å². The average molecular weight is 229 g/mol. The first kappa shape index (κ1) is 12.5. The smallest absolute Gasteiger partial charge is 0.135 e. The lowest BCUT2D eigenvalue weighted by Crippen LogP contribution is -2.91. The molecule has 0 heterocycles. The van der Waals surface area contributed by atoms with E-state index < -0.39 is 5.60 Å². The molecule has 1 aromatic carbocycles. The van der Waals surface area contributed by atoms with E-state index in [1.165, 1.54) is 0 Å². The lowest BCUT2D eigenvalue weighted by molar-refractivity contribution is -0.695. The third-order valence-electron chi connectivity index (χ3n) is 2.45. The predicted octanol–water partition coefficient (Wildman–Crippen LogP) is 1.52. The number of rotatable bonds is 4. The molecule has 0 radical (unpaired) electrons. The van der Waals surface area contributed by atoms with E-state index in [-0.39, 0.29) is 0 Å². The summed E-state index contributed by atoms with van der Waals surface area (Å²) in [6.07, 6.45) is 0. The van der Waals surface area contributed by atoms with Crippen LogP contribution in [-0.2, 0) is 5.60 Å². The van der Waals surface area contributed by atoms with Crippen molar-refractivity contribution < 1.29 is 10.4 Å². The number of quaternary nitrogens is 1. The summed E-state index contributed by atoms with van der Waals surface area (Å²) in [6.45, 7) is 6.71. The second kappa shape index (κ2) is 4.97. The van der Waals surface area contributed by atoms with E-state index in [0.717, 1.165) is 5.56 Å². The molecule has 0 saturated heterocycles. The quantitative estimate of drug-likeness (QED) is 0.806. The van der Waals surface area contributed by atoms with Crippen LogP contribution in [0.1, 0.15) is 26.3 Å². The Morgan fingerprint density at radius 2 is 1.87 bits per heavy atom. The zero-order chi connectivity index (χ0) is 11.5. The minimum atomic E-state index is -0.797. The molecule has 0 amide bonds. The Hall–Kier alpha value is -0.570. The zero-order valence-electron chi connectivity index (χ0n) is 9.50. The molecule has 1 unspecified atom stereocenters.